The number of rotatable bonds is 3. The zero-order chi connectivity index (χ0) is 13.9. The van der Waals surface area contributed by atoms with Gasteiger partial charge in [0.05, 0.1) is 11.6 Å². The molecule has 1 aliphatic rings. The highest BCUT2D eigenvalue weighted by atomic mass is 16.5. The van der Waals surface area contributed by atoms with E-state index in [4.69, 9.17) is 4.52 Å². The van der Waals surface area contributed by atoms with Crippen molar-refractivity contribution in [2.45, 2.75) is 32.2 Å². The van der Waals surface area contributed by atoms with E-state index in [0.717, 1.165) is 25.8 Å². The van der Waals surface area contributed by atoms with Crippen molar-refractivity contribution in [2.24, 2.45) is 0 Å². The zero-order valence-electron chi connectivity index (χ0n) is 11.3. The van der Waals surface area contributed by atoms with E-state index >= 15 is 0 Å². The summed E-state index contributed by atoms with van der Waals surface area (Å²) in [6, 6.07) is 5.79. The maximum absolute atomic E-state index is 9.21. The number of pyridine rings is 1. The van der Waals surface area contributed by atoms with Crippen LogP contribution in [0.25, 0.3) is 0 Å². The van der Waals surface area contributed by atoms with Crippen LogP contribution in [-0.4, -0.2) is 21.7 Å². The van der Waals surface area contributed by atoms with E-state index in [1.54, 1.807) is 18.3 Å². The summed E-state index contributed by atoms with van der Waals surface area (Å²) in [4.78, 5) is 10.9. The smallest absolute Gasteiger partial charge is 0.226 e. The number of hydrogen-bond donors (Lipinski definition) is 0. The summed E-state index contributed by atoms with van der Waals surface area (Å²) < 4.78 is 5.19. The van der Waals surface area contributed by atoms with Gasteiger partial charge in [0, 0.05) is 19.2 Å². The zero-order valence-corrected chi connectivity index (χ0v) is 11.3. The van der Waals surface area contributed by atoms with Gasteiger partial charge in [0.2, 0.25) is 5.89 Å². The maximum atomic E-state index is 9.21. The molecule has 2 aromatic rings. The Balaban J connectivity index is 1.94. The molecule has 0 radical (unpaired) electrons. The third-order valence-electron chi connectivity index (χ3n) is 3.52. The van der Waals surface area contributed by atoms with Gasteiger partial charge in [-0.15, -0.1) is 0 Å². The molecule has 1 saturated heterocycles. The Labute approximate surface area is 117 Å². The Bertz CT molecular complexity index is 645. The number of hydrogen-bond acceptors (Lipinski definition) is 6. The number of nitriles is 1. The third-order valence-corrected chi connectivity index (χ3v) is 3.52. The van der Waals surface area contributed by atoms with Gasteiger partial charge >= 0.3 is 0 Å². The van der Waals surface area contributed by atoms with E-state index in [0.29, 0.717) is 23.1 Å². The van der Waals surface area contributed by atoms with Gasteiger partial charge in [-0.2, -0.15) is 10.2 Å². The molecule has 3 heterocycles. The highest BCUT2D eigenvalue weighted by molar-refractivity contribution is 5.55. The fourth-order valence-corrected chi connectivity index (χ4v) is 2.55. The predicted molar refractivity (Wildman–Crippen MR) is 71.9 cm³/mol. The lowest BCUT2D eigenvalue weighted by Gasteiger charge is -2.23. The van der Waals surface area contributed by atoms with Crippen molar-refractivity contribution in [1.29, 1.82) is 5.26 Å². The lowest BCUT2D eigenvalue weighted by Crippen LogP contribution is -2.25. The van der Waals surface area contributed by atoms with Gasteiger partial charge in [-0.1, -0.05) is 12.1 Å². The van der Waals surface area contributed by atoms with Gasteiger partial charge < -0.3 is 9.42 Å². The molecule has 3 rings (SSSR count). The quantitative estimate of drug-likeness (QED) is 0.850. The minimum absolute atomic E-state index is 0.0426. The molecular weight excluding hydrogens is 254 g/mol. The van der Waals surface area contributed by atoms with E-state index in [1.807, 2.05) is 6.92 Å². The molecule has 1 fully saturated rings. The first-order valence-corrected chi connectivity index (χ1v) is 6.77. The van der Waals surface area contributed by atoms with Crippen LogP contribution in [0.4, 0.5) is 5.82 Å². The first-order chi connectivity index (χ1) is 9.83. The van der Waals surface area contributed by atoms with Crippen LogP contribution in [0.15, 0.2) is 22.9 Å². The molecule has 102 valence electrons. The van der Waals surface area contributed by atoms with E-state index in [2.05, 4.69) is 26.1 Å². The standard InChI is InChI=1S/C14H15N5O/c1-2-12-17-13(18-20-12)11-6-4-8-19(11)14-10(9-15)5-3-7-16-14/h3,5,7,11H,2,4,6,8H2,1H3/t11-/m1/s1. The number of anilines is 1. The molecular formula is C14H15N5O. The van der Waals surface area contributed by atoms with Crippen molar-refractivity contribution in [3.63, 3.8) is 0 Å². The van der Waals surface area contributed by atoms with Crippen molar-refractivity contribution >= 4 is 5.82 Å². The Morgan fingerprint density at radius 1 is 1.55 bits per heavy atom. The summed E-state index contributed by atoms with van der Waals surface area (Å²) in [7, 11) is 0. The van der Waals surface area contributed by atoms with E-state index < -0.39 is 0 Å². The van der Waals surface area contributed by atoms with E-state index in [-0.39, 0.29) is 6.04 Å². The summed E-state index contributed by atoms with van der Waals surface area (Å²) in [5.41, 5.74) is 0.582. The van der Waals surface area contributed by atoms with Crippen molar-refractivity contribution in [3.05, 3.63) is 35.6 Å². The summed E-state index contributed by atoms with van der Waals surface area (Å²) in [6.45, 7) is 2.84. The van der Waals surface area contributed by atoms with Crippen LogP contribution < -0.4 is 4.90 Å². The largest absolute Gasteiger partial charge is 0.345 e. The Morgan fingerprint density at radius 3 is 3.20 bits per heavy atom. The van der Waals surface area contributed by atoms with Gasteiger partial charge in [0.1, 0.15) is 11.9 Å². The van der Waals surface area contributed by atoms with Crippen LogP contribution in [0, 0.1) is 11.3 Å². The maximum Gasteiger partial charge on any atom is 0.226 e. The van der Waals surface area contributed by atoms with Crippen molar-refractivity contribution in [1.82, 2.24) is 15.1 Å². The second kappa shape index (κ2) is 5.29. The van der Waals surface area contributed by atoms with Crippen molar-refractivity contribution in [2.75, 3.05) is 11.4 Å². The monoisotopic (exact) mass is 269 g/mol. The predicted octanol–water partition coefficient (Wildman–Crippen LogP) is 2.24. The van der Waals surface area contributed by atoms with Crippen molar-refractivity contribution in [3.8, 4) is 6.07 Å². The first-order valence-electron chi connectivity index (χ1n) is 6.77. The molecule has 0 aromatic carbocycles. The topological polar surface area (TPSA) is 78.8 Å². The fraction of sp³-hybridized carbons (Fsp3) is 0.429. The van der Waals surface area contributed by atoms with Crippen LogP contribution >= 0.6 is 0 Å². The van der Waals surface area contributed by atoms with Crippen LogP contribution in [0.1, 0.15) is 43.1 Å². The normalized spacial score (nSPS) is 18.2. The average molecular weight is 269 g/mol. The highest BCUT2D eigenvalue weighted by Crippen LogP contribution is 2.35. The lowest BCUT2D eigenvalue weighted by atomic mass is 10.2. The SMILES string of the molecule is CCc1nc([C@H]2CCCN2c2ncccc2C#N)no1. The molecule has 0 unspecified atom stereocenters. The molecule has 0 saturated carbocycles. The molecule has 20 heavy (non-hydrogen) atoms. The number of aromatic nitrogens is 3. The molecule has 0 N–H and O–H groups in total. The summed E-state index contributed by atoms with van der Waals surface area (Å²) in [6.07, 6.45) is 4.41. The second-order valence-electron chi connectivity index (χ2n) is 4.74. The molecule has 0 spiro atoms. The highest BCUT2D eigenvalue weighted by Gasteiger charge is 2.32. The van der Waals surface area contributed by atoms with Gasteiger partial charge in [-0.05, 0) is 25.0 Å². The minimum Gasteiger partial charge on any atom is -0.345 e. The lowest BCUT2D eigenvalue weighted by molar-refractivity contribution is 0.373. The van der Waals surface area contributed by atoms with Crippen LogP contribution in [0.5, 0.6) is 0 Å². The molecule has 0 aliphatic carbocycles. The van der Waals surface area contributed by atoms with Crippen LogP contribution in [0.2, 0.25) is 0 Å². The Kier molecular flexibility index (Phi) is 3.33. The second-order valence-corrected chi connectivity index (χ2v) is 4.74. The van der Waals surface area contributed by atoms with Gasteiger partial charge in [0.15, 0.2) is 5.82 Å². The molecule has 1 aliphatic heterocycles. The number of aryl methyl sites for hydroxylation is 1. The summed E-state index contributed by atoms with van der Waals surface area (Å²) in [5, 5.41) is 13.3. The van der Waals surface area contributed by atoms with Crippen molar-refractivity contribution < 1.29 is 4.52 Å². The van der Waals surface area contributed by atoms with Gasteiger partial charge in [-0.25, -0.2) is 4.98 Å². The van der Waals surface area contributed by atoms with E-state index in [9.17, 15) is 5.26 Å². The molecule has 1 atom stereocenters. The fourth-order valence-electron chi connectivity index (χ4n) is 2.55. The van der Waals surface area contributed by atoms with Gasteiger partial charge in [0.25, 0.3) is 0 Å². The van der Waals surface area contributed by atoms with Gasteiger partial charge in [-0.3, -0.25) is 0 Å². The molecule has 0 amide bonds. The van der Waals surface area contributed by atoms with Crippen LogP contribution in [0.3, 0.4) is 0 Å². The third kappa shape index (κ3) is 2.11. The summed E-state index contributed by atoms with van der Waals surface area (Å²) >= 11 is 0. The molecule has 6 heteroatoms. The summed E-state index contributed by atoms with van der Waals surface area (Å²) in [5.74, 6) is 2.04. The Hall–Kier alpha value is -2.42. The Morgan fingerprint density at radius 2 is 2.45 bits per heavy atom. The minimum atomic E-state index is 0.0426. The van der Waals surface area contributed by atoms with Crippen LogP contribution in [-0.2, 0) is 6.42 Å². The van der Waals surface area contributed by atoms with E-state index in [1.165, 1.54) is 0 Å². The molecule has 2 aromatic heterocycles. The number of nitrogens with zero attached hydrogens (tertiary/aromatic N) is 5. The average Bonchev–Trinajstić information content (AvgIpc) is 3.15. The molecule has 0 bridgehead atoms. The molecule has 6 nitrogen and oxygen atoms in total. The first kappa shape index (κ1) is 12.6.